The van der Waals surface area contributed by atoms with E-state index in [0.29, 0.717) is 38.7 Å². The van der Waals surface area contributed by atoms with Gasteiger partial charge in [-0.1, -0.05) is 12.1 Å². The fourth-order valence-corrected chi connectivity index (χ4v) is 3.06. The van der Waals surface area contributed by atoms with Crippen molar-refractivity contribution in [3.8, 4) is 5.75 Å². The summed E-state index contributed by atoms with van der Waals surface area (Å²) in [5, 5.41) is 12.2. The Balaban J connectivity index is 1.53. The van der Waals surface area contributed by atoms with Crippen LogP contribution in [0.3, 0.4) is 0 Å². The summed E-state index contributed by atoms with van der Waals surface area (Å²) in [6.07, 6.45) is 0.510. The van der Waals surface area contributed by atoms with Crippen LogP contribution in [0, 0.1) is 0 Å². The van der Waals surface area contributed by atoms with Crippen LogP contribution >= 0.6 is 0 Å². The number of carbonyl (C=O) groups is 1. The number of carbonyl (C=O) groups excluding carboxylic acids is 1. The maximum Gasteiger partial charge on any atom is 0.234 e. The van der Waals surface area contributed by atoms with Gasteiger partial charge in [0.15, 0.2) is 0 Å². The summed E-state index contributed by atoms with van der Waals surface area (Å²) in [4.78, 5) is 14.4. The minimum absolute atomic E-state index is 0.00699. The van der Waals surface area contributed by atoms with Crippen molar-refractivity contribution < 1.29 is 24.1 Å². The van der Waals surface area contributed by atoms with Crippen LogP contribution in [0.5, 0.6) is 5.75 Å². The first kappa shape index (κ1) is 18.1. The topological polar surface area (TPSA) is 80.3 Å². The van der Waals surface area contributed by atoms with Gasteiger partial charge in [0.1, 0.15) is 11.9 Å². The molecule has 2 aliphatic rings. The summed E-state index contributed by atoms with van der Waals surface area (Å²) in [6, 6.07) is 7.23. The van der Waals surface area contributed by atoms with E-state index in [9.17, 15) is 4.79 Å². The Morgan fingerprint density at radius 3 is 2.68 bits per heavy atom. The average molecular weight is 350 g/mol. The van der Waals surface area contributed by atoms with Crippen molar-refractivity contribution >= 4 is 5.91 Å². The van der Waals surface area contributed by atoms with Crippen molar-refractivity contribution in [2.75, 3.05) is 46.1 Å². The summed E-state index contributed by atoms with van der Waals surface area (Å²) in [5.74, 6) is 0.721. The molecule has 0 saturated carbocycles. The van der Waals surface area contributed by atoms with Crippen LogP contribution in [0.4, 0.5) is 0 Å². The highest BCUT2D eigenvalue weighted by Gasteiger charge is 2.29. The van der Waals surface area contributed by atoms with Crippen molar-refractivity contribution in [1.82, 2.24) is 10.2 Å². The number of hydrogen-bond donors (Lipinski definition) is 2. The summed E-state index contributed by atoms with van der Waals surface area (Å²) in [5.41, 5.74) is 0.836. The second kappa shape index (κ2) is 9.15. The zero-order valence-corrected chi connectivity index (χ0v) is 14.4. The van der Waals surface area contributed by atoms with Gasteiger partial charge in [-0.2, -0.15) is 0 Å². The molecule has 2 unspecified atom stereocenters. The molecule has 2 saturated heterocycles. The first-order chi connectivity index (χ1) is 12.2. The highest BCUT2D eigenvalue weighted by atomic mass is 16.5. The van der Waals surface area contributed by atoms with Crippen molar-refractivity contribution in [3.63, 3.8) is 0 Å². The lowest BCUT2D eigenvalue weighted by Crippen LogP contribution is -2.54. The molecule has 1 aromatic carbocycles. The number of rotatable bonds is 6. The minimum Gasteiger partial charge on any atom is -0.486 e. The van der Waals surface area contributed by atoms with E-state index in [4.69, 9.17) is 19.3 Å². The summed E-state index contributed by atoms with van der Waals surface area (Å²) < 4.78 is 16.8. The van der Waals surface area contributed by atoms with E-state index in [2.05, 4.69) is 10.2 Å². The van der Waals surface area contributed by atoms with E-state index in [0.717, 1.165) is 25.1 Å². The van der Waals surface area contributed by atoms with E-state index >= 15 is 0 Å². The molecule has 0 spiro atoms. The molecule has 0 radical (unpaired) electrons. The molecule has 7 heteroatoms. The van der Waals surface area contributed by atoms with Gasteiger partial charge in [0.2, 0.25) is 5.91 Å². The molecule has 3 rings (SSSR count). The predicted molar refractivity (Wildman–Crippen MR) is 91.4 cm³/mol. The van der Waals surface area contributed by atoms with Gasteiger partial charge >= 0.3 is 0 Å². The molecule has 0 aromatic heterocycles. The summed E-state index contributed by atoms with van der Waals surface area (Å²) in [7, 11) is 0. The summed E-state index contributed by atoms with van der Waals surface area (Å²) in [6.45, 7) is 4.40. The van der Waals surface area contributed by atoms with Gasteiger partial charge in [-0.25, -0.2) is 0 Å². The number of aliphatic hydroxyl groups excluding tert-OH is 1. The number of hydrogen-bond acceptors (Lipinski definition) is 6. The van der Waals surface area contributed by atoms with Gasteiger partial charge in [-0.3, -0.25) is 9.69 Å². The number of amides is 1. The van der Waals surface area contributed by atoms with Crippen molar-refractivity contribution in [2.45, 2.75) is 25.2 Å². The highest BCUT2D eigenvalue weighted by molar-refractivity contribution is 5.78. The maximum absolute atomic E-state index is 12.3. The fourth-order valence-electron chi connectivity index (χ4n) is 3.06. The van der Waals surface area contributed by atoms with Crippen LogP contribution < -0.4 is 10.1 Å². The monoisotopic (exact) mass is 350 g/mol. The Bertz CT molecular complexity index is 545. The van der Waals surface area contributed by atoms with E-state index in [1.54, 1.807) is 0 Å². The van der Waals surface area contributed by atoms with Crippen LogP contribution in [-0.4, -0.2) is 74.1 Å². The molecule has 25 heavy (non-hydrogen) atoms. The quantitative estimate of drug-likeness (QED) is 0.761. The predicted octanol–water partition coefficient (Wildman–Crippen LogP) is 0.164. The third kappa shape index (κ3) is 5.40. The average Bonchev–Trinajstić information content (AvgIpc) is 2.65. The van der Waals surface area contributed by atoms with Crippen LogP contribution in [-0.2, 0) is 20.9 Å². The molecule has 138 valence electrons. The summed E-state index contributed by atoms with van der Waals surface area (Å²) >= 11 is 0. The van der Waals surface area contributed by atoms with E-state index in [-0.39, 0.29) is 24.7 Å². The zero-order chi connectivity index (χ0) is 17.5. The van der Waals surface area contributed by atoms with Gasteiger partial charge in [0, 0.05) is 19.7 Å². The van der Waals surface area contributed by atoms with Gasteiger partial charge in [-0.05, 0) is 24.1 Å². The highest BCUT2D eigenvalue weighted by Crippen LogP contribution is 2.18. The molecule has 0 bridgehead atoms. The lowest BCUT2D eigenvalue weighted by molar-refractivity contribution is -0.126. The fraction of sp³-hybridized carbons (Fsp3) is 0.611. The van der Waals surface area contributed by atoms with Crippen LogP contribution in [0.25, 0.3) is 0 Å². The SMILES string of the molecule is O=C(CN1CCOCC1)NC1CCOCC1Oc1ccc(CO)cc1. The Kier molecular flexibility index (Phi) is 6.63. The molecular formula is C18H26N2O5. The Labute approximate surface area is 147 Å². The van der Waals surface area contributed by atoms with E-state index < -0.39 is 0 Å². The zero-order valence-electron chi connectivity index (χ0n) is 14.4. The second-order valence-electron chi connectivity index (χ2n) is 6.38. The number of aliphatic hydroxyl groups is 1. The molecule has 2 N–H and O–H groups in total. The van der Waals surface area contributed by atoms with Gasteiger partial charge in [-0.15, -0.1) is 0 Å². The molecule has 2 heterocycles. The van der Waals surface area contributed by atoms with Crippen molar-refractivity contribution in [1.29, 1.82) is 0 Å². The third-order valence-electron chi connectivity index (χ3n) is 4.51. The third-order valence-corrected chi connectivity index (χ3v) is 4.51. The molecule has 2 aliphatic heterocycles. The lowest BCUT2D eigenvalue weighted by Gasteiger charge is -2.33. The molecule has 1 aromatic rings. The minimum atomic E-state index is -0.220. The van der Waals surface area contributed by atoms with Crippen LogP contribution in [0.15, 0.2) is 24.3 Å². The molecule has 2 fully saturated rings. The second-order valence-corrected chi connectivity index (χ2v) is 6.38. The van der Waals surface area contributed by atoms with Crippen LogP contribution in [0.1, 0.15) is 12.0 Å². The van der Waals surface area contributed by atoms with E-state index in [1.807, 2.05) is 24.3 Å². The Hall–Kier alpha value is -1.67. The van der Waals surface area contributed by atoms with Gasteiger partial charge in [0.25, 0.3) is 0 Å². The number of morpholine rings is 1. The standard InChI is InChI=1S/C18H26N2O5/c21-12-14-1-3-15(4-2-14)25-17-13-24-8-5-16(17)19-18(22)11-20-6-9-23-10-7-20/h1-4,16-17,21H,5-13H2,(H,19,22). The Morgan fingerprint density at radius 2 is 1.96 bits per heavy atom. The number of nitrogens with one attached hydrogen (secondary N) is 1. The molecule has 1 amide bonds. The first-order valence-corrected chi connectivity index (χ1v) is 8.78. The lowest BCUT2D eigenvalue weighted by atomic mass is 10.1. The normalized spacial score (nSPS) is 24.7. The van der Waals surface area contributed by atoms with Crippen molar-refractivity contribution in [3.05, 3.63) is 29.8 Å². The number of nitrogens with zero attached hydrogens (tertiary/aromatic N) is 1. The Morgan fingerprint density at radius 1 is 1.20 bits per heavy atom. The molecule has 0 aliphatic carbocycles. The van der Waals surface area contributed by atoms with Crippen molar-refractivity contribution in [2.24, 2.45) is 0 Å². The maximum atomic E-state index is 12.3. The van der Waals surface area contributed by atoms with E-state index in [1.165, 1.54) is 0 Å². The van der Waals surface area contributed by atoms with Crippen LogP contribution in [0.2, 0.25) is 0 Å². The smallest absolute Gasteiger partial charge is 0.234 e. The van der Waals surface area contributed by atoms with Gasteiger partial charge < -0.3 is 24.6 Å². The largest absolute Gasteiger partial charge is 0.486 e. The van der Waals surface area contributed by atoms with Gasteiger partial charge in [0.05, 0.1) is 39.0 Å². The number of benzene rings is 1. The molecule has 7 nitrogen and oxygen atoms in total. The first-order valence-electron chi connectivity index (χ1n) is 8.78. The number of ether oxygens (including phenoxy) is 3. The molecule has 2 atom stereocenters. The molecular weight excluding hydrogens is 324 g/mol.